The molecule has 0 spiro atoms. The van der Waals surface area contributed by atoms with Crippen LogP contribution in [0.2, 0.25) is 0 Å². The minimum absolute atomic E-state index is 0.0633. The van der Waals surface area contributed by atoms with Gasteiger partial charge >= 0.3 is 11.9 Å². The molecule has 4 rings (SSSR count). The molecular weight excluding hydrogens is 380 g/mol. The summed E-state index contributed by atoms with van der Waals surface area (Å²) in [5.41, 5.74) is -0.630. The van der Waals surface area contributed by atoms with Crippen molar-refractivity contribution in [1.29, 1.82) is 0 Å². The number of rotatable bonds is 3. The normalized spacial score (nSPS) is 47.8. The number of hydrogen-bond donors (Lipinski definition) is 1. The highest BCUT2D eigenvalue weighted by atomic mass is 16.5. The Morgan fingerprint density at radius 1 is 1.00 bits per heavy atom. The average Bonchev–Trinajstić information content (AvgIpc) is 2.97. The van der Waals surface area contributed by atoms with E-state index in [2.05, 4.69) is 13.8 Å². The molecule has 4 aliphatic rings. The molecule has 0 amide bonds. The summed E-state index contributed by atoms with van der Waals surface area (Å²) in [6.07, 6.45) is 12.6. The van der Waals surface area contributed by atoms with E-state index in [1.165, 1.54) is 14.0 Å². The number of aliphatic hydroxyl groups is 1. The Labute approximate surface area is 180 Å². The van der Waals surface area contributed by atoms with E-state index < -0.39 is 5.60 Å². The first-order valence-electron chi connectivity index (χ1n) is 11.8. The van der Waals surface area contributed by atoms with Crippen molar-refractivity contribution in [2.24, 2.45) is 34.5 Å². The van der Waals surface area contributed by atoms with Crippen molar-refractivity contribution in [1.82, 2.24) is 0 Å². The zero-order valence-electron chi connectivity index (χ0n) is 19.0. The molecule has 0 aromatic rings. The van der Waals surface area contributed by atoms with Crippen molar-refractivity contribution in [3.05, 3.63) is 12.2 Å². The maximum atomic E-state index is 12.1. The van der Waals surface area contributed by atoms with Gasteiger partial charge in [0.15, 0.2) is 0 Å². The maximum Gasteiger partial charge on any atom is 0.330 e. The molecule has 5 nitrogen and oxygen atoms in total. The van der Waals surface area contributed by atoms with Crippen molar-refractivity contribution in [3.63, 3.8) is 0 Å². The van der Waals surface area contributed by atoms with Crippen LogP contribution in [0, 0.1) is 34.5 Å². The number of hydrogen-bond acceptors (Lipinski definition) is 5. The van der Waals surface area contributed by atoms with Crippen molar-refractivity contribution in [2.75, 3.05) is 7.11 Å². The fraction of sp³-hybridized carbons (Fsp3) is 0.840. The number of fused-ring (bicyclic) bond motifs is 5. The number of methoxy groups -OCH3 is 1. The van der Waals surface area contributed by atoms with Gasteiger partial charge in [-0.1, -0.05) is 19.9 Å². The second-order valence-electron chi connectivity index (χ2n) is 10.9. The minimum Gasteiger partial charge on any atom is -0.466 e. The topological polar surface area (TPSA) is 72.8 Å². The molecule has 4 saturated carbocycles. The lowest BCUT2D eigenvalue weighted by Gasteiger charge is -2.63. The van der Waals surface area contributed by atoms with Gasteiger partial charge < -0.3 is 14.6 Å². The van der Waals surface area contributed by atoms with E-state index in [9.17, 15) is 14.7 Å². The van der Waals surface area contributed by atoms with Crippen molar-refractivity contribution < 1.29 is 24.2 Å². The summed E-state index contributed by atoms with van der Waals surface area (Å²) in [4.78, 5) is 23.1. The summed E-state index contributed by atoms with van der Waals surface area (Å²) in [5, 5.41) is 12.1. The highest BCUT2D eigenvalue weighted by molar-refractivity contribution is 5.81. The van der Waals surface area contributed by atoms with E-state index in [4.69, 9.17) is 9.47 Å². The zero-order valence-corrected chi connectivity index (χ0v) is 19.0. The van der Waals surface area contributed by atoms with Gasteiger partial charge in [0.05, 0.1) is 12.7 Å². The number of ether oxygens (including phenoxy) is 2. The molecule has 30 heavy (non-hydrogen) atoms. The molecule has 0 radical (unpaired) electrons. The van der Waals surface area contributed by atoms with E-state index in [1.54, 1.807) is 6.08 Å². The van der Waals surface area contributed by atoms with Gasteiger partial charge in [0.25, 0.3) is 0 Å². The molecule has 168 valence electrons. The first-order valence-corrected chi connectivity index (χ1v) is 11.8. The minimum atomic E-state index is -0.665. The number of esters is 2. The Balaban J connectivity index is 1.55. The molecule has 0 heterocycles. The van der Waals surface area contributed by atoms with Crippen LogP contribution in [0.25, 0.3) is 0 Å². The molecule has 1 N–H and O–H groups in total. The second kappa shape index (κ2) is 7.65. The highest BCUT2D eigenvalue weighted by Gasteiger charge is 2.66. The van der Waals surface area contributed by atoms with Crippen LogP contribution in [0.5, 0.6) is 0 Å². The molecule has 0 aromatic carbocycles. The van der Waals surface area contributed by atoms with Gasteiger partial charge in [0.2, 0.25) is 0 Å². The van der Waals surface area contributed by atoms with Gasteiger partial charge in [-0.25, -0.2) is 4.79 Å². The summed E-state index contributed by atoms with van der Waals surface area (Å²) < 4.78 is 10.3. The van der Waals surface area contributed by atoms with E-state index >= 15 is 0 Å². The Morgan fingerprint density at radius 3 is 2.47 bits per heavy atom. The maximum absolute atomic E-state index is 12.1. The third kappa shape index (κ3) is 3.23. The lowest BCUT2D eigenvalue weighted by atomic mass is 9.43. The molecule has 8 atom stereocenters. The summed E-state index contributed by atoms with van der Waals surface area (Å²) >= 11 is 0. The van der Waals surface area contributed by atoms with Gasteiger partial charge in [0, 0.05) is 18.4 Å². The number of carbonyl (C=O) groups is 2. The molecular formula is C25H38O5. The third-order valence-corrected chi connectivity index (χ3v) is 9.87. The first kappa shape index (κ1) is 21.9. The number of carbonyl (C=O) groups excluding carboxylic acids is 2. The quantitative estimate of drug-likeness (QED) is 0.542. The van der Waals surface area contributed by atoms with E-state index in [0.29, 0.717) is 17.8 Å². The zero-order chi connectivity index (χ0) is 21.7. The fourth-order valence-electron chi connectivity index (χ4n) is 8.14. The fourth-order valence-corrected chi connectivity index (χ4v) is 8.14. The van der Waals surface area contributed by atoms with Gasteiger partial charge in [0.1, 0.15) is 6.10 Å². The van der Waals surface area contributed by atoms with E-state index in [1.807, 2.05) is 6.08 Å². The van der Waals surface area contributed by atoms with Crippen LogP contribution >= 0.6 is 0 Å². The molecule has 4 fully saturated rings. The highest BCUT2D eigenvalue weighted by Crippen LogP contribution is 2.69. The van der Waals surface area contributed by atoms with Crippen molar-refractivity contribution in [2.45, 2.75) is 90.3 Å². The van der Waals surface area contributed by atoms with Crippen LogP contribution in [0.4, 0.5) is 0 Å². The summed E-state index contributed by atoms with van der Waals surface area (Å²) in [7, 11) is 1.40. The Kier molecular flexibility index (Phi) is 5.57. The van der Waals surface area contributed by atoms with Crippen LogP contribution in [0.15, 0.2) is 12.2 Å². The van der Waals surface area contributed by atoms with Gasteiger partial charge in [-0.15, -0.1) is 0 Å². The predicted octanol–water partition coefficient (Wildman–Crippen LogP) is 4.42. The molecule has 4 aliphatic carbocycles. The SMILES string of the molecule is COC(=O)/C=C/[C@H]1CC[C@]2(O)[C@@H]3CC[C@@H]4C[C@@H](OC(C)=O)CC[C@]4(C)[C@H]3CC[C@]12C. The Morgan fingerprint density at radius 2 is 1.77 bits per heavy atom. The number of allylic oxidation sites excluding steroid dienone is 1. The third-order valence-electron chi connectivity index (χ3n) is 9.87. The summed E-state index contributed by atoms with van der Waals surface area (Å²) in [6, 6.07) is 0. The van der Waals surface area contributed by atoms with Crippen LogP contribution in [-0.2, 0) is 19.1 Å². The Hall–Kier alpha value is -1.36. The van der Waals surface area contributed by atoms with Crippen LogP contribution in [0.1, 0.15) is 78.6 Å². The monoisotopic (exact) mass is 418 g/mol. The summed E-state index contributed by atoms with van der Waals surface area (Å²) in [5.74, 6) is 1.14. The van der Waals surface area contributed by atoms with Crippen molar-refractivity contribution in [3.8, 4) is 0 Å². The van der Waals surface area contributed by atoms with Gasteiger partial charge in [-0.05, 0) is 86.9 Å². The molecule has 0 aromatic heterocycles. The smallest absolute Gasteiger partial charge is 0.330 e. The largest absolute Gasteiger partial charge is 0.466 e. The van der Waals surface area contributed by atoms with E-state index in [-0.39, 0.29) is 34.8 Å². The lowest BCUT2D eigenvalue weighted by Crippen LogP contribution is -2.62. The summed E-state index contributed by atoms with van der Waals surface area (Å²) in [6.45, 7) is 6.19. The lowest BCUT2D eigenvalue weighted by molar-refractivity contribution is -0.209. The van der Waals surface area contributed by atoms with Gasteiger partial charge in [-0.3, -0.25) is 4.79 Å². The van der Waals surface area contributed by atoms with E-state index in [0.717, 1.165) is 57.8 Å². The standard InChI is InChI=1S/C25H38O5/c1-16(26)30-19-10-12-23(2)18(15-19)5-7-21-20(23)11-13-24(3)17(6-8-22(27)29-4)9-14-25(21,24)28/h6,8,17-21,28H,5,7,9-15H2,1-4H3/b8-6+/t17-,18+,19-,20-,21+,23-,24+,25-/m0/s1. The van der Waals surface area contributed by atoms with Crippen molar-refractivity contribution >= 4 is 11.9 Å². The molecule has 0 aliphatic heterocycles. The molecule has 0 bridgehead atoms. The first-order chi connectivity index (χ1) is 14.1. The average molecular weight is 419 g/mol. The molecule has 0 saturated heterocycles. The van der Waals surface area contributed by atoms with Crippen LogP contribution in [0.3, 0.4) is 0 Å². The molecule has 0 unspecified atom stereocenters. The predicted molar refractivity (Wildman–Crippen MR) is 113 cm³/mol. The molecule has 5 heteroatoms. The van der Waals surface area contributed by atoms with Gasteiger partial charge in [-0.2, -0.15) is 0 Å². The van der Waals surface area contributed by atoms with Crippen LogP contribution in [-0.4, -0.2) is 35.9 Å². The second-order valence-corrected chi connectivity index (χ2v) is 10.9. The Bertz CT molecular complexity index is 731. The van der Waals surface area contributed by atoms with Crippen LogP contribution < -0.4 is 0 Å².